The number of benzene rings is 1. The smallest absolute Gasteiger partial charge is 0.123 e. The average molecular weight is 259 g/mol. The lowest BCUT2D eigenvalue weighted by atomic mass is 10.1. The first-order valence-corrected chi connectivity index (χ1v) is 6.62. The summed E-state index contributed by atoms with van der Waals surface area (Å²) in [5.74, 6) is 0.923. The van der Waals surface area contributed by atoms with Crippen LogP contribution in [0.4, 0.5) is 0 Å². The first-order valence-electron chi connectivity index (χ1n) is 6.62. The van der Waals surface area contributed by atoms with Crippen molar-refractivity contribution in [1.82, 2.24) is 15.1 Å². The Kier molecular flexibility index (Phi) is 4.58. The molecule has 0 aliphatic carbocycles. The maximum atomic E-state index is 5.35. The van der Waals surface area contributed by atoms with Crippen LogP contribution in [0.2, 0.25) is 0 Å². The van der Waals surface area contributed by atoms with E-state index in [1.807, 2.05) is 29.1 Å². The van der Waals surface area contributed by atoms with Gasteiger partial charge >= 0.3 is 0 Å². The van der Waals surface area contributed by atoms with E-state index >= 15 is 0 Å². The van der Waals surface area contributed by atoms with Gasteiger partial charge in [-0.15, -0.1) is 0 Å². The Morgan fingerprint density at radius 3 is 2.84 bits per heavy atom. The zero-order chi connectivity index (χ0) is 13.7. The number of aryl methyl sites for hydroxylation is 1. The third kappa shape index (κ3) is 3.35. The van der Waals surface area contributed by atoms with E-state index in [0.717, 1.165) is 18.8 Å². The number of nitrogens with zero attached hydrogens (tertiary/aromatic N) is 2. The predicted molar refractivity (Wildman–Crippen MR) is 76.1 cm³/mol. The zero-order valence-corrected chi connectivity index (χ0v) is 11.8. The number of hydrogen-bond donors (Lipinski definition) is 1. The standard InChI is InChI=1S/C15H21N3O/c1-4-18-11-14(10-17-18)12(2)16-9-13-7-5-6-8-15(13)19-3/h5-8,10-12,16H,4,9H2,1-3H3. The fraction of sp³-hybridized carbons (Fsp3) is 0.400. The Morgan fingerprint density at radius 2 is 2.16 bits per heavy atom. The molecule has 0 aliphatic heterocycles. The van der Waals surface area contributed by atoms with Crippen LogP contribution in [0.5, 0.6) is 5.75 Å². The second-order valence-corrected chi connectivity index (χ2v) is 4.54. The first kappa shape index (κ1) is 13.6. The molecule has 0 radical (unpaired) electrons. The van der Waals surface area contributed by atoms with Crippen LogP contribution in [-0.2, 0) is 13.1 Å². The summed E-state index contributed by atoms with van der Waals surface area (Å²) in [6.07, 6.45) is 4.00. The Balaban J connectivity index is 1.98. The van der Waals surface area contributed by atoms with E-state index in [9.17, 15) is 0 Å². The average Bonchev–Trinajstić information content (AvgIpc) is 2.94. The molecule has 4 nitrogen and oxygen atoms in total. The number of para-hydroxylation sites is 1. The van der Waals surface area contributed by atoms with E-state index in [1.54, 1.807) is 7.11 Å². The van der Waals surface area contributed by atoms with Crippen molar-refractivity contribution in [3.05, 3.63) is 47.8 Å². The second kappa shape index (κ2) is 6.38. The van der Waals surface area contributed by atoms with Crippen molar-refractivity contribution < 1.29 is 4.74 Å². The van der Waals surface area contributed by atoms with Crippen LogP contribution in [0.3, 0.4) is 0 Å². The minimum absolute atomic E-state index is 0.269. The quantitative estimate of drug-likeness (QED) is 0.867. The third-order valence-electron chi connectivity index (χ3n) is 3.27. The fourth-order valence-electron chi connectivity index (χ4n) is 2.01. The van der Waals surface area contributed by atoms with Crippen molar-refractivity contribution >= 4 is 0 Å². The Hall–Kier alpha value is -1.81. The van der Waals surface area contributed by atoms with E-state index in [1.165, 1.54) is 11.1 Å². The molecule has 0 aliphatic rings. The van der Waals surface area contributed by atoms with Gasteiger partial charge in [0.1, 0.15) is 5.75 Å². The van der Waals surface area contributed by atoms with Gasteiger partial charge in [-0.1, -0.05) is 18.2 Å². The maximum Gasteiger partial charge on any atom is 0.123 e. The molecule has 0 fully saturated rings. The molecule has 2 rings (SSSR count). The highest BCUT2D eigenvalue weighted by atomic mass is 16.5. The zero-order valence-electron chi connectivity index (χ0n) is 11.8. The van der Waals surface area contributed by atoms with Crippen molar-refractivity contribution in [2.45, 2.75) is 33.0 Å². The second-order valence-electron chi connectivity index (χ2n) is 4.54. The summed E-state index contributed by atoms with van der Waals surface area (Å²) in [4.78, 5) is 0. The van der Waals surface area contributed by atoms with Crippen molar-refractivity contribution in [1.29, 1.82) is 0 Å². The van der Waals surface area contributed by atoms with Gasteiger partial charge < -0.3 is 10.1 Å². The minimum atomic E-state index is 0.269. The van der Waals surface area contributed by atoms with Gasteiger partial charge in [0.2, 0.25) is 0 Å². The summed E-state index contributed by atoms with van der Waals surface area (Å²) in [6.45, 7) is 5.91. The minimum Gasteiger partial charge on any atom is -0.496 e. The van der Waals surface area contributed by atoms with Gasteiger partial charge in [-0.25, -0.2) is 0 Å². The number of nitrogens with one attached hydrogen (secondary N) is 1. The molecule has 0 bridgehead atoms. The van der Waals surface area contributed by atoms with Crippen LogP contribution < -0.4 is 10.1 Å². The van der Waals surface area contributed by atoms with E-state index in [-0.39, 0.29) is 6.04 Å². The van der Waals surface area contributed by atoms with Gasteiger partial charge in [-0.05, 0) is 19.9 Å². The summed E-state index contributed by atoms with van der Waals surface area (Å²) < 4.78 is 7.29. The lowest BCUT2D eigenvalue weighted by Crippen LogP contribution is -2.18. The molecule has 2 aromatic rings. The van der Waals surface area contributed by atoms with Crippen molar-refractivity contribution in [3.8, 4) is 5.75 Å². The number of methoxy groups -OCH3 is 1. The molecule has 1 heterocycles. The molecule has 1 aromatic carbocycles. The van der Waals surface area contributed by atoms with Crippen LogP contribution >= 0.6 is 0 Å². The third-order valence-corrected chi connectivity index (χ3v) is 3.27. The highest BCUT2D eigenvalue weighted by Crippen LogP contribution is 2.18. The molecule has 0 saturated heterocycles. The van der Waals surface area contributed by atoms with Crippen LogP contribution in [0.15, 0.2) is 36.7 Å². The maximum absolute atomic E-state index is 5.35. The molecule has 1 unspecified atom stereocenters. The highest BCUT2D eigenvalue weighted by molar-refractivity contribution is 5.33. The molecule has 1 aromatic heterocycles. The van der Waals surface area contributed by atoms with E-state index in [0.29, 0.717) is 0 Å². The monoisotopic (exact) mass is 259 g/mol. The number of rotatable bonds is 6. The van der Waals surface area contributed by atoms with E-state index < -0.39 is 0 Å². The summed E-state index contributed by atoms with van der Waals surface area (Å²) in [6, 6.07) is 8.34. The van der Waals surface area contributed by atoms with Crippen LogP contribution in [-0.4, -0.2) is 16.9 Å². The molecule has 0 spiro atoms. The summed E-state index contributed by atoms with van der Waals surface area (Å²) >= 11 is 0. The molecule has 0 amide bonds. The van der Waals surface area contributed by atoms with Crippen LogP contribution in [0.25, 0.3) is 0 Å². The van der Waals surface area contributed by atoms with Gasteiger partial charge in [-0.2, -0.15) is 5.10 Å². The van der Waals surface area contributed by atoms with Crippen molar-refractivity contribution in [2.75, 3.05) is 7.11 Å². The van der Waals surface area contributed by atoms with Gasteiger partial charge in [0.25, 0.3) is 0 Å². The molecule has 0 saturated carbocycles. The van der Waals surface area contributed by atoms with Gasteiger partial charge in [0, 0.05) is 36.5 Å². The largest absolute Gasteiger partial charge is 0.496 e. The topological polar surface area (TPSA) is 39.1 Å². The Bertz CT molecular complexity index is 522. The molecule has 102 valence electrons. The Labute approximate surface area is 114 Å². The number of ether oxygens (including phenoxy) is 1. The SMILES string of the molecule is CCn1cc(C(C)NCc2ccccc2OC)cn1. The van der Waals surface area contributed by atoms with Gasteiger partial charge in [-0.3, -0.25) is 4.68 Å². The van der Waals surface area contributed by atoms with Crippen molar-refractivity contribution in [3.63, 3.8) is 0 Å². The van der Waals surface area contributed by atoms with E-state index in [2.05, 4.69) is 36.5 Å². The first-order chi connectivity index (χ1) is 9.24. The normalized spacial score (nSPS) is 12.4. The Morgan fingerprint density at radius 1 is 1.37 bits per heavy atom. The molecule has 1 N–H and O–H groups in total. The molecular formula is C15H21N3O. The lowest BCUT2D eigenvalue weighted by molar-refractivity contribution is 0.406. The van der Waals surface area contributed by atoms with Gasteiger partial charge in [0.05, 0.1) is 13.3 Å². The predicted octanol–water partition coefficient (Wildman–Crippen LogP) is 2.76. The molecule has 19 heavy (non-hydrogen) atoms. The number of hydrogen-bond acceptors (Lipinski definition) is 3. The highest BCUT2D eigenvalue weighted by Gasteiger charge is 2.08. The van der Waals surface area contributed by atoms with Gasteiger partial charge in [0.15, 0.2) is 0 Å². The molecule has 1 atom stereocenters. The summed E-state index contributed by atoms with van der Waals surface area (Å²) in [5.41, 5.74) is 2.37. The summed E-state index contributed by atoms with van der Waals surface area (Å²) in [5, 5.41) is 7.79. The molecule has 4 heteroatoms. The molecular weight excluding hydrogens is 238 g/mol. The number of aromatic nitrogens is 2. The fourth-order valence-corrected chi connectivity index (χ4v) is 2.01. The van der Waals surface area contributed by atoms with Crippen LogP contribution in [0.1, 0.15) is 31.0 Å². The van der Waals surface area contributed by atoms with Crippen LogP contribution in [0, 0.1) is 0 Å². The summed E-state index contributed by atoms with van der Waals surface area (Å²) in [7, 11) is 1.70. The van der Waals surface area contributed by atoms with E-state index in [4.69, 9.17) is 4.74 Å². The van der Waals surface area contributed by atoms with Crippen molar-refractivity contribution in [2.24, 2.45) is 0 Å². The lowest BCUT2D eigenvalue weighted by Gasteiger charge is -2.14.